The van der Waals surface area contributed by atoms with Gasteiger partial charge < -0.3 is 4.98 Å². The molecule has 9 rings (SSSR count). The van der Waals surface area contributed by atoms with E-state index < -0.39 is 0 Å². The summed E-state index contributed by atoms with van der Waals surface area (Å²) < 4.78 is 0. The van der Waals surface area contributed by atoms with E-state index in [1.54, 1.807) is 0 Å². The van der Waals surface area contributed by atoms with Crippen LogP contribution < -0.4 is 10.7 Å². The number of nitrogens with one attached hydrogen (secondary N) is 1. The van der Waals surface area contributed by atoms with Crippen LogP contribution in [0.3, 0.4) is 0 Å². The average molecular weight is 496 g/mol. The van der Waals surface area contributed by atoms with Crippen molar-refractivity contribution in [3.8, 4) is 33.4 Å². The monoisotopic (exact) mass is 495 g/mol. The van der Waals surface area contributed by atoms with Crippen molar-refractivity contribution in [3.05, 3.63) is 142 Å². The van der Waals surface area contributed by atoms with E-state index in [0.717, 1.165) is 27.6 Å². The minimum absolute atomic E-state index is 1.03. The number of hydrogen-bond donors (Lipinski definition) is 1. The molecule has 3 nitrogen and oxygen atoms in total. The number of rotatable bonds is 1. The Kier molecular flexibility index (Phi) is 4.05. The zero-order valence-corrected chi connectivity index (χ0v) is 20.9. The SMILES string of the molecule is c1ccc2c(c1)N=c1ccc(=c3ccc4c(c3)-c3cc(-c5ccc6[nH]c7ccccc7c6c5)ccc3N=4)cc1-2. The number of aromatic nitrogens is 1. The average Bonchev–Trinajstić information content (AvgIpc) is 3.66. The van der Waals surface area contributed by atoms with Crippen LogP contribution in [0.2, 0.25) is 0 Å². The first kappa shape index (κ1) is 20.7. The zero-order valence-electron chi connectivity index (χ0n) is 20.9. The van der Waals surface area contributed by atoms with Gasteiger partial charge in [-0.25, -0.2) is 9.98 Å². The molecule has 0 radical (unpaired) electrons. The van der Waals surface area contributed by atoms with Crippen molar-refractivity contribution in [2.75, 3.05) is 0 Å². The van der Waals surface area contributed by atoms with Gasteiger partial charge >= 0.3 is 0 Å². The molecule has 3 heteroatoms. The number of aromatic amines is 1. The molecule has 1 aromatic heterocycles. The summed E-state index contributed by atoms with van der Waals surface area (Å²) >= 11 is 0. The van der Waals surface area contributed by atoms with Crippen LogP contribution in [0.25, 0.3) is 55.2 Å². The standard InChI is InChI=1S/C36H21N3/c1-3-7-31-25(5-1)27-17-21(9-13-33(27)37-31)23-11-15-35-29(19-23)30-20-24(12-16-36(30)39-35)22-10-14-34-28(18-22)26-6-2-4-8-32(26)38-34/h1-20,37H. The van der Waals surface area contributed by atoms with E-state index in [-0.39, 0.29) is 0 Å². The third-order valence-corrected chi connectivity index (χ3v) is 8.13. The van der Waals surface area contributed by atoms with Gasteiger partial charge in [0.2, 0.25) is 0 Å². The highest BCUT2D eigenvalue weighted by Gasteiger charge is 2.16. The van der Waals surface area contributed by atoms with Crippen molar-refractivity contribution in [2.45, 2.75) is 0 Å². The molecular weight excluding hydrogens is 474 g/mol. The molecule has 0 amide bonds. The highest BCUT2D eigenvalue weighted by Crippen LogP contribution is 2.38. The lowest BCUT2D eigenvalue weighted by molar-refractivity contribution is 1.37. The van der Waals surface area contributed by atoms with E-state index in [4.69, 9.17) is 9.98 Å². The summed E-state index contributed by atoms with van der Waals surface area (Å²) in [5, 5.41) is 6.95. The van der Waals surface area contributed by atoms with E-state index in [9.17, 15) is 0 Å². The fourth-order valence-electron chi connectivity index (χ4n) is 6.17. The maximum atomic E-state index is 4.93. The largest absolute Gasteiger partial charge is 0.355 e. The summed E-state index contributed by atoms with van der Waals surface area (Å²) in [7, 11) is 0. The van der Waals surface area contributed by atoms with Gasteiger partial charge in [0, 0.05) is 44.1 Å². The quantitative estimate of drug-likeness (QED) is 0.239. The van der Waals surface area contributed by atoms with Crippen LogP contribution >= 0.6 is 0 Å². The molecule has 7 aromatic rings. The highest BCUT2D eigenvalue weighted by atomic mass is 14.8. The molecule has 0 unspecified atom stereocenters. The van der Waals surface area contributed by atoms with Gasteiger partial charge in [-0.05, 0) is 82.2 Å². The van der Waals surface area contributed by atoms with Crippen molar-refractivity contribution in [1.29, 1.82) is 0 Å². The summed E-state index contributed by atoms with van der Waals surface area (Å²) in [5.74, 6) is 0. The lowest BCUT2D eigenvalue weighted by atomic mass is 9.97. The fraction of sp³-hybridized carbons (Fsp3) is 0. The highest BCUT2D eigenvalue weighted by molar-refractivity contribution is 6.08. The number of hydrogen-bond acceptors (Lipinski definition) is 2. The molecule has 0 fully saturated rings. The Bertz CT molecular complexity index is 2400. The molecule has 1 N–H and O–H groups in total. The van der Waals surface area contributed by atoms with Crippen molar-refractivity contribution < 1.29 is 0 Å². The predicted octanol–water partition coefficient (Wildman–Crippen LogP) is 8.14. The van der Waals surface area contributed by atoms with E-state index in [1.807, 2.05) is 6.07 Å². The van der Waals surface area contributed by atoms with Crippen molar-refractivity contribution in [3.63, 3.8) is 0 Å². The number of benzene rings is 6. The molecule has 0 aliphatic carbocycles. The normalized spacial score (nSPS) is 13.4. The van der Waals surface area contributed by atoms with Gasteiger partial charge in [0.1, 0.15) is 0 Å². The van der Waals surface area contributed by atoms with Gasteiger partial charge in [0.15, 0.2) is 0 Å². The predicted molar refractivity (Wildman–Crippen MR) is 158 cm³/mol. The molecule has 2 aliphatic heterocycles. The Morgan fingerprint density at radius 2 is 1.05 bits per heavy atom. The van der Waals surface area contributed by atoms with Crippen molar-refractivity contribution in [1.82, 2.24) is 4.98 Å². The molecule has 0 bridgehead atoms. The first-order valence-electron chi connectivity index (χ1n) is 13.3. The Labute approximate surface area is 223 Å². The molecule has 3 heterocycles. The Morgan fingerprint density at radius 3 is 1.90 bits per heavy atom. The first-order chi connectivity index (χ1) is 19.3. The maximum absolute atomic E-state index is 4.93. The van der Waals surface area contributed by atoms with E-state index >= 15 is 0 Å². The molecular formula is C36H21N3. The van der Waals surface area contributed by atoms with Crippen molar-refractivity contribution in [2.24, 2.45) is 9.98 Å². The second-order valence-electron chi connectivity index (χ2n) is 10.4. The maximum Gasteiger partial charge on any atom is 0.0716 e. The van der Waals surface area contributed by atoms with Crippen LogP contribution in [0.15, 0.2) is 131 Å². The van der Waals surface area contributed by atoms with E-state index in [1.165, 1.54) is 60.1 Å². The number of para-hydroxylation sites is 2. The first-order valence-corrected chi connectivity index (χ1v) is 13.3. The van der Waals surface area contributed by atoms with Gasteiger partial charge in [-0.3, -0.25) is 0 Å². The topological polar surface area (TPSA) is 40.5 Å². The zero-order chi connectivity index (χ0) is 25.5. The van der Waals surface area contributed by atoms with Gasteiger partial charge in [-0.15, -0.1) is 0 Å². The summed E-state index contributed by atoms with van der Waals surface area (Å²) in [6.07, 6.45) is 0. The molecule has 180 valence electrons. The minimum atomic E-state index is 1.03. The van der Waals surface area contributed by atoms with Gasteiger partial charge in [-0.1, -0.05) is 60.7 Å². The van der Waals surface area contributed by atoms with Gasteiger partial charge in [-0.2, -0.15) is 0 Å². The van der Waals surface area contributed by atoms with Crippen LogP contribution in [-0.2, 0) is 0 Å². The van der Waals surface area contributed by atoms with E-state index in [0.29, 0.717) is 0 Å². The molecule has 0 saturated heterocycles. The second-order valence-corrected chi connectivity index (χ2v) is 10.4. The Balaban J connectivity index is 1.20. The van der Waals surface area contributed by atoms with Crippen LogP contribution in [0.1, 0.15) is 0 Å². The Hall–Kier alpha value is -5.28. The summed E-state index contributed by atoms with van der Waals surface area (Å²) in [6.45, 7) is 0. The van der Waals surface area contributed by atoms with Crippen LogP contribution in [0.5, 0.6) is 0 Å². The lowest BCUT2D eigenvalue weighted by Gasteiger charge is -2.06. The summed E-state index contributed by atoms with van der Waals surface area (Å²) in [5.41, 5.74) is 11.6. The molecule has 0 atom stereocenters. The molecule has 0 saturated carbocycles. The number of nitrogens with zero attached hydrogens (tertiary/aromatic N) is 2. The number of H-pyrrole nitrogens is 1. The fourth-order valence-corrected chi connectivity index (χ4v) is 6.17. The summed E-state index contributed by atoms with van der Waals surface area (Å²) in [6, 6.07) is 43.4. The van der Waals surface area contributed by atoms with Gasteiger partial charge in [0.25, 0.3) is 0 Å². The minimum Gasteiger partial charge on any atom is -0.355 e. The van der Waals surface area contributed by atoms with Gasteiger partial charge in [0.05, 0.1) is 22.1 Å². The molecule has 6 aromatic carbocycles. The summed E-state index contributed by atoms with van der Waals surface area (Å²) in [4.78, 5) is 13.3. The Morgan fingerprint density at radius 1 is 0.410 bits per heavy atom. The smallest absolute Gasteiger partial charge is 0.0716 e. The number of fused-ring (bicyclic) bond motifs is 9. The third-order valence-electron chi connectivity index (χ3n) is 8.13. The van der Waals surface area contributed by atoms with Crippen LogP contribution in [0.4, 0.5) is 11.4 Å². The molecule has 39 heavy (non-hydrogen) atoms. The second kappa shape index (κ2) is 7.62. The lowest BCUT2D eigenvalue weighted by Crippen LogP contribution is -2.01. The van der Waals surface area contributed by atoms with E-state index in [2.05, 4.69) is 120 Å². The van der Waals surface area contributed by atoms with Crippen LogP contribution in [-0.4, -0.2) is 4.98 Å². The van der Waals surface area contributed by atoms with Crippen molar-refractivity contribution >= 4 is 33.2 Å². The molecule has 0 spiro atoms. The molecule has 2 aliphatic rings. The third kappa shape index (κ3) is 3.04. The van der Waals surface area contributed by atoms with Crippen LogP contribution in [0, 0.1) is 10.4 Å².